The molecule has 0 fully saturated rings. The van der Waals surface area contributed by atoms with Crippen LogP contribution in [0.4, 0.5) is 4.79 Å². The predicted octanol–water partition coefficient (Wildman–Crippen LogP) is 2.96. The maximum atomic E-state index is 12.1. The molecule has 0 aliphatic carbocycles. The topological polar surface area (TPSA) is 76.1 Å². The van der Waals surface area contributed by atoms with E-state index in [4.69, 9.17) is 4.74 Å². The number of ether oxygens (including phenoxy) is 1. The molecular formula is C17H30N4O2. The van der Waals surface area contributed by atoms with Crippen LogP contribution in [-0.4, -0.2) is 33.7 Å². The summed E-state index contributed by atoms with van der Waals surface area (Å²) < 4.78 is 5.38. The molecule has 1 aromatic rings. The molecule has 0 spiro atoms. The lowest BCUT2D eigenvalue weighted by Gasteiger charge is -2.34. The molecule has 0 saturated heterocycles. The van der Waals surface area contributed by atoms with Crippen molar-refractivity contribution >= 4 is 6.09 Å². The summed E-state index contributed by atoms with van der Waals surface area (Å²) in [5.74, 6) is 0.758. The monoisotopic (exact) mass is 322 g/mol. The average molecular weight is 322 g/mol. The van der Waals surface area contributed by atoms with Gasteiger partial charge in [-0.05, 0) is 46.6 Å². The van der Waals surface area contributed by atoms with Gasteiger partial charge in [-0.3, -0.25) is 0 Å². The van der Waals surface area contributed by atoms with Crippen LogP contribution in [0.25, 0.3) is 0 Å². The van der Waals surface area contributed by atoms with E-state index in [-0.39, 0.29) is 11.6 Å². The van der Waals surface area contributed by atoms with Gasteiger partial charge in [0.2, 0.25) is 0 Å². The number of aryl methyl sites for hydroxylation is 1. The molecule has 0 aliphatic heterocycles. The number of hydrogen-bond acceptors (Lipinski definition) is 5. The second kappa shape index (κ2) is 8.24. The highest BCUT2D eigenvalue weighted by atomic mass is 16.6. The van der Waals surface area contributed by atoms with Crippen molar-refractivity contribution < 1.29 is 9.53 Å². The minimum atomic E-state index is -0.497. The lowest BCUT2D eigenvalue weighted by molar-refractivity contribution is 0.0446. The molecule has 0 bridgehead atoms. The SMILES string of the molecule is CCC(CC)(CNCc1ccnc(C)n1)NC(=O)OC(C)(C)C. The van der Waals surface area contributed by atoms with Crippen molar-refractivity contribution in [3.05, 3.63) is 23.8 Å². The van der Waals surface area contributed by atoms with Crippen LogP contribution in [0.3, 0.4) is 0 Å². The van der Waals surface area contributed by atoms with E-state index >= 15 is 0 Å². The van der Waals surface area contributed by atoms with Crippen LogP contribution < -0.4 is 10.6 Å². The molecule has 0 atom stereocenters. The zero-order chi connectivity index (χ0) is 17.5. The molecule has 130 valence electrons. The summed E-state index contributed by atoms with van der Waals surface area (Å²) in [6.45, 7) is 12.9. The van der Waals surface area contributed by atoms with Gasteiger partial charge in [0, 0.05) is 19.3 Å². The molecule has 1 rings (SSSR count). The van der Waals surface area contributed by atoms with E-state index in [0.29, 0.717) is 13.1 Å². The molecule has 1 aromatic heterocycles. The van der Waals surface area contributed by atoms with Crippen molar-refractivity contribution in [1.82, 2.24) is 20.6 Å². The number of nitrogens with one attached hydrogen (secondary N) is 2. The third kappa shape index (κ3) is 6.95. The fourth-order valence-electron chi connectivity index (χ4n) is 2.27. The minimum Gasteiger partial charge on any atom is -0.444 e. The number of carbonyl (C=O) groups is 1. The van der Waals surface area contributed by atoms with E-state index in [0.717, 1.165) is 24.4 Å². The van der Waals surface area contributed by atoms with E-state index in [2.05, 4.69) is 34.4 Å². The number of rotatable bonds is 7. The molecule has 23 heavy (non-hydrogen) atoms. The summed E-state index contributed by atoms with van der Waals surface area (Å²) in [5, 5.41) is 6.41. The third-order valence-corrected chi connectivity index (χ3v) is 3.72. The summed E-state index contributed by atoms with van der Waals surface area (Å²) in [6.07, 6.45) is 3.02. The zero-order valence-corrected chi connectivity index (χ0v) is 15.2. The van der Waals surface area contributed by atoms with Crippen LogP contribution in [0.15, 0.2) is 12.3 Å². The Balaban J connectivity index is 2.60. The maximum absolute atomic E-state index is 12.1. The van der Waals surface area contributed by atoms with Crippen LogP contribution in [0.2, 0.25) is 0 Å². The molecule has 0 unspecified atom stereocenters. The Hall–Kier alpha value is -1.69. The lowest BCUT2D eigenvalue weighted by atomic mass is 9.93. The maximum Gasteiger partial charge on any atom is 0.408 e. The van der Waals surface area contributed by atoms with E-state index in [1.807, 2.05) is 33.8 Å². The number of carbonyl (C=O) groups excluding carboxylic acids is 1. The van der Waals surface area contributed by atoms with Gasteiger partial charge in [0.1, 0.15) is 11.4 Å². The summed E-state index contributed by atoms with van der Waals surface area (Å²) in [7, 11) is 0. The van der Waals surface area contributed by atoms with Crippen LogP contribution >= 0.6 is 0 Å². The van der Waals surface area contributed by atoms with Gasteiger partial charge in [0.15, 0.2) is 0 Å². The van der Waals surface area contributed by atoms with Gasteiger partial charge in [-0.15, -0.1) is 0 Å². The van der Waals surface area contributed by atoms with Gasteiger partial charge in [-0.2, -0.15) is 0 Å². The Bertz CT molecular complexity index is 508. The van der Waals surface area contributed by atoms with Crippen molar-refractivity contribution in [3.8, 4) is 0 Å². The van der Waals surface area contributed by atoms with Crippen molar-refractivity contribution in [1.29, 1.82) is 0 Å². The minimum absolute atomic E-state index is 0.329. The zero-order valence-electron chi connectivity index (χ0n) is 15.2. The van der Waals surface area contributed by atoms with E-state index in [9.17, 15) is 4.79 Å². The molecule has 2 N–H and O–H groups in total. The van der Waals surface area contributed by atoms with Crippen LogP contribution in [-0.2, 0) is 11.3 Å². The van der Waals surface area contributed by atoms with Gasteiger partial charge >= 0.3 is 6.09 Å². The molecule has 6 nitrogen and oxygen atoms in total. The van der Waals surface area contributed by atoms with Crippen molar-refractivity contribution in [2.75, 3.05) is 6.54 Å². The number of nitrogens with zero attached hydrogens (tertiary/aromatic N) is 2. The molecule has 0 radical (unpaired) electrons. The first kappa shape index (κ1) is 19.4. The highest BCUT2D eigenvalue weighted by molar-refractivity contribution is 5.68. The summed E-state index contributed by atoms with van der Waals surface area (Å²) in [5.41, 5.74) is 0.115. The number of amides is 1. The molecule has 1 amide bonds. The summed E-state index contributed by atoms with van der Waals surface area (Å²) in [4.78, 5) is 20.5. The first-order valence-corrected chi connectivity index (χ1v) is 8.20. The van der Waals surface area contributed by atoms with E-state index in [1.54, 1.807) is 6.20 Å². The van der Waals surface area contributed by atoms with Gasteiger partial charge in [0.25, 0.3) is 0 Å². The first-order chi connectivity index (χ1) is 10.7. The second-order valence-corrected chi connectivity index (χ2v) is 6.81. The fourth-order valence-corrected chi connectivity index (χ4v) is 2.27. The van der Waals surface area contributed by atoms with Crippen molar-refractivity contribution in [2.24, 2.45) is 0 Å². The standard InChI is InChI=1S/C17H30N4O2/c1-7-17(8-2,21-15(22)23-16(4,5)6)12-18-11-14-9-10-19-13(3)20-14/h9-10,18H,7-8,11-12H2,1-6H3,(H,21,22). The Labute approximate surface area is 139 Å². The molecule has 6 heteroatoms. The van der Waals surface area contributed by atoms with Gasteiger partial charge in [-0.1, -0.05) is 13.8 Å². The number of aromatic nitrogens is 2. The predicted molar refractivity (Wildman–Crippen MR) is 91.2 cm³/mol. The third-order valence-electron chi connectivity index (χ3n) is 3.72. The van der Waals surface area contributed by atoms with Gasteiger partial charge in [-0.25, -0.2) is 14.8 Å². The lowest BCUT2D eigenvalue weighted by Crippen LogP contribution is -2.55. The number of alkyl carbamates (subject to hydrolysis) is 1. The van der Waals surface area contributed by atoms with Gasteiger partial charge < -0.3 is 15.4 Å². The highest BCUT2D eigenvalue weighted by Gasteiger charge is 2.30. The van der Waals surface area contributed by atoms with Crippen LogP contribution in [0, 0.1) is 6.92 Å². The van der Waals surface area contributed by atoms with Crippen molar-refractivity contribution in [3.63, 3.8) is 0 Å². The largest absolute Gasteiger partial charge is 0.444 e. The quantitative estimate of drug-likeness (QED) is 0.807. The molecule has 0 aromatic carbocycles. The number of hydrogen-bond donors (Lipinski definition) is 2. The first-order valence-electron chi connectivity index (χ1n) is 8.20. The summed E-state index contributed by atoms with van der Waals surface area (Å²) in [6, 6.07) is 1.89. The molecule has 0 saturated carbocycles. The second-order valence-electron chi connectivity index (χ2n) is 6.81. The van der Waals surface area contributed by atoms with Crippen molar-refractivity contribution in [2.45, 2.75) is 72.1 Å². The fraction of sp³-hybridized carbons (Fsp3) is 0.706. The molecule has 0 aliphatic rings. The Morgan fingerprint density at radius 1 is 1.26 bits per heavy atom. The van der Waals surface area contributed by atoms with E-state index < -0.39 is 5.60 Å². The van der Waals surface area contributed by atoms with Crippen LogP contribution in [0.5, 0.6) is 0 Å². The Morgan fingerprint density at radius 2 is 1.91 bits per heavy atom. The highest BCUT2D eigenvalue weighted by Crippen LogP contribution is 2.16. The summed E-state index contributed by atoms with van der Waals surface area (Å²) >= 11 is 0. The molecular weight excluding hydrogens is 292 g/mol. The normalized spacial score (nSPS) is 12.1. The van der Waals surface area contributed by atoms with Crippen LogP contribution in [0.1, 0.15) is 59.0 Å². The smallest absolute Gasteiger partial charge is 0.408 e. The van der Waals surface area contributed by atoms with Gasteiger partial charge in [0.05, 0.1) is 11.2 Å². The Morgan fingerprint density at radius 3 is 2.43 bits per heavy atom. The average Bonchev–Trinajstić information content (AvgIpc) is 2.44. The Kier molecular flexibility index (Phi) is 6.94. The van der Waals surface area contributed by atoms with E-state index in [1.165, 1.54) is 0 Å². The molecule has 1 heterocycles.